The lowest BCUT2D eigenvalue weighted by atomic mass is 9.94. The van der Waals surface area contributed by atoms with E-state index in [9.17, 15) is 9.59 Å². The van der Waals surface area contributed by atoms with Gasteiger partial charge < -0.3 is 4.90 Å². The maximum absolute atomic E-state index is 12.5. The standard InChI is InChI=1S/C18H21N3O2/c19-11-6-12-20(14-7-2-1-3-8-14)13-21-17(22)15-9-4-5-10-16(15)18(21)23/h4-5,9-10,14H,1-3,6-8,12-13H2/p+1. The Morgan fingerprint density at radius 2 is 1.70 bits per heavy atom. The van der Waals surface area contributed by atoms with E-state index in [2.05, 4.69) is 6.07 Å². The first-order chi connectivity index (χ1) is 11.2. The van der Waals surface area contributed by atoms with Gasteiger partial charge in [-0.2, -0.15) is 5.26 Å². The third-order valence-electron chi connectivity index (χ3n) is 4.98. The summed E-state index contributed by atoms with van der Waals surface area (Å²) in [6.45, 7) is 1.06. The van der Waals surface area contributed by atoms with E-state index in [1.54, 1.807) is 24.3 Å². The molecule has 120 valence electrons. The first-order valence-corrected chi connectivity index (χ1v) is 8.39. The number of nitriles is 1. The molecule has 1 aromatic rings. The van der Waals surface area contributed by atoms with Crippen LogP contribution >= 0.6 is 0 Å². The topological polar surface area (TPSA) is 65.6 Å². The molecule has 1 unspecified atom stereocenters. The molecule has 2 aliphatic rings. The van der Waals surface area contributed by atoms with Crippen LogP contribution in [0.2, 0.25) is 0 Å². The molecular formula is C18H22N3O2+. The Bertz CT molecular complexity index is 609. The van der Waals surface area contributed by atoms with Crippen molar-refractivity contribution in [2.24, 2.45) is 0 Å². The highest BCUT2D eigenvalue weighted by Gasteiger charge is 2.38. The smallest absolute Gasteiger partial charge is 0.265 e. The summed E-state index contributed by atoms with van der Waals surface area (Å²) < 4.78 is 0. The average Bonchev–Trinajstić information content (AvgIpc) is 2.84. The molecule has 5 heteroatoms. The van der Waals surface area contributed by atoms with Crippen LogP contribution in [0, 0.1) is 11.3 Å². The number of hydrogen-bond donors (Lipinski definition) is 1. The van der Waals surface area contributed by atoms with Gasteiger partial charge in [-0.05, 0) is 37.8 Å². The number of fused-ring (bicyclic) bond motifs is 1. The van der Waals surface area contributed by atoms with Crippen molar-refractivity contribution in [3.05, 3.63) is 35.4 Å². The number of imide groups is 1. The van der Waals surface area contributed by atoms with Crippen molar-refractivity contribution in [1.82, 2.24) is 4.90 Å². The predicted octanol–water partition coefficient (Wildman–Crippen LogP) is 1.37. The number of nitrogens with zero attached hydrogens (tertiary/aromatic N) is 2. The van der Waals surface area contributed by atoms with Gasteiger partial charge in [0, 0.05) is 0 Å². The van der Waals surface area contributed by atoms with E-state index in [-0.39, 0.29) is 11.8 Å². The molecule has 1 N–H and O–H groups in total. The van der Waals surface area contributed by atoms with Gasteiger partial charge in [-0.15, -0.1) is 0 Å². The molecule has 2 amide bonds. The molecule has 1 aliphatic carbocycles. The lowest BCUT2D eigenvalue weighted by Gasteiger charge is -2.32. The first kappa shape index (κ1) is 15.7. The van der Waals surface area contributed by atoms with Crippen molar-refractivity contribution in [3.8, 4) is 6.07 Å². The molecule has 1 heterocycles. The van der Waals surface area contributed by atoms with Crippen LogP contribution in [0.25, 0.3) is 0 Å². The third kappa shape index (κ3) is 3.13. The predicted molar refractivity (Wildman–Crippen MR) is 84.7 cm³/mol. The van der Waals surface area contributed by atoms with Crippen molar-refractivity contribution >= 4 is 11.8 Å². The Labute approximate surface area is 136 Å². The molecule has 0 spiro atoms. The Kier molecular flexibility index (Phi) is 4.73. The van der Waals surface area contributed by atoms with Crippen molar-refractivity contribution in [2.75, 3.05) is 13.2 Å². The summed E-state index contributed by atoms with van der Waals surface area (Å²) in [5, 5.41) is 8.91. The summed E-state index contributed by atoms with van der Waals surface area (Å²) in [6, 6.07) is 9.64. The summed E-state index contributed by atoms with van der Waals surface area (Å²) in [6.07, 6.45) is 6.34. The number of nitrogens with one attached hydrogen (secondary N) is 1. The lowest BCUT2D eigenvalue weighted by Crippen LogP contribution is -3.17. The van der Waals surface area contributed by atoms with Crippen LogP contribution in [0.5, 0.6) is 0 Å². The van der Waals surface area contributed by atoms with Gasteiger partial charge in [0.05, 0.1) is 36.2 Å². The van der Waals surface area contributed by atoms with Crippen LogP contribution in [0.3, 0.4) is 0 Å². The highest BCUT2D eigenvalue weighted by Crippen LogP contribution is 2.21. The number of benzene rings is 1. The Hall–Kier alpha value is -2.19. The van der Waals surface area contributed by atoms with E-state index >= 15 is 0 Å². The van der Waals surface area contributed by atoms with E-state index in [0.717, 1.165) is 12.8 Å². The summed E-state index contributed by atoms with van der Waals surface area (Å²) in [5.74, 6) is -0.397. The summed E-state index contributed by atoms with van der Waals surface area (Å²) in [5.41, 5.74) is 1.00. The fourth-order valence-electron chi connectivity index (χ4n) is 3.73. The van der Waals surface area contributed by atoms with Crippen LogP contribution in [-0.4, -0.2) is 36.0 Å². The summed E-state index contributed by atoms with van der Waals surface area (Å²) in [7, 11) is 0. The fourth-order valence-corrected chi connectivity index (χ4v) is 3.73. The Morgan fingerprint density at radius 1 is 1.09 bits per heavy atom. The fraction of sp³-hybridized carbons (Fsp3) is 0.500. The van der Waals surface area contributed by atoms with Gasteiger partial charge in [-0.1, -0.05) is 18.6 Å². The lowest BCUT2D eigenvalue weighted by molar-refractivity contribution is -0.933. The van der Waals surface area contributed by atoms with Gasteiger partial charge in [0.1, 0.15) is 0 Å². The van der Waals surface area contributed by atoms with E-state index < -0.39 is 0 Å². The molecule has 1 aliphatic heterocycles. The molecule has 0 radical (unpaired) electrons. The molecule has 0 saturated heterocycles. The Balaban J connectivity index is 1.76. The molecule has 3 rings (SSSR count). The molecule has 23 heavy (non-hydrogen) atoms. The highest BCUT2D eigenvalue weighted by molar-refractivity contribution is 6.21. The van der Waals surface area contributed by atoms with Crippen molar-refractivity contribution in [3.63, 3.8) is 0 Å². The molecule has 1 saturated carbocycles. The molecule has 1 aromatic carbocycles. The molecular weight excluding hydrogens is 290 g/mol. The Morgan fingerprint density at radius 3 is 2.26 bits per heavy atom. The van der Waals surface area contributed by atoms with E-state index in [1.165, 1.54) is 29.1 Å². The van der Waals surface area contributed by atoms with Gasteiger partial charge in [0.25, 0.3) is 11.8 Å². The van der Waals surface area contributed by atoms with Crippen molar-refractivity contribution < 1.29 is 14.5 Å². The second-order valence-electron chi connectivity index (χ2n) is 6.39. The summed E-state index contributed by atoms with van der Waals surface area (Å²) >= 11 is 0. The number of carbonyl (C=O) groups is 2. The average molecular weight is 312 g/mol. The van der Waals surface area contributed by atoms with Crippen LogP contribution in [0.1, 0.15) is 59.2 Å². The number of carbonyl (C=O) groups excluding carboxylic acids is 2. The zero-order chi connectivity index (χ0) is 16.2. The van der Waals surface area contributed by atoms with Crippen molar-refractivity contribution in [1.29, 1.82) is 5.26 Å². The second-order valence-corrected chi connectivity index (χ2v) is 6.39. The quantitative estimate of drug-likeness (QED) is 0.835. The number of hydrogen-bond acceptors (Lipinski definition) is 3. The van der Waals surface area contributed by atoms with E-state index in [4.69, 9.17) is 5.26 Å². The largest absolute Gasteiger partial charge is 0.314 e. The van der Waals surface area contributed by atoms with Gasteiger partial charge in [0.15, 0.2) is 6.67 Å². The van der Waals surface area contributed by atoms with E-state index in [1.807, 2.05) is 0 Å². The van der Waals surface area contributed by atoms with Gasteiger partial charge >= 0.3 is 0 Å². The molecule has 0 bridgehead atoms. The van der Waals surface area contributed by atoms with Crippen LogP contribution in [0.4, 0.5) is 0 Å². The van der Waals surface area contributed by atoms with Crippen LogP contribution < -0.4 is 4.90 Å². The molecule has 5 nitrogen and oxygen atoms in total. The molecule has 1 atom stereocenters. The zero-order valence-corrected chi connectivity index (χ0v) is 13.3. The zero-order valence-electron chi connectivity index (χ0n) is 13.3. The minimum atomic E-state index is -0.198. The second kappa shape index (κ2) is 6.93. The number of rotatable bonds is 5. The molecule has 0 aromatic heterocycles. The number of quaternary nitrogens is 1. The minimum Gasteiger partial charge on any atom is -0.314 e. The maximum atomic E-state index is 12.5. The van der Waals surface area contributed by atoms with E-state index in [0.29, 0.717) is 36.8 Å². The van der Waals surface area contributed by atoms with Gasteiger partial charge in [0.2, 0.25) is 0 Å². The minimum absolute atomic E-state index is 0.198. The van der Waals surface area contributed by atoms with Gasteiger partial charge in [-0.25, -0.2) is 4.90 Å². The first-order valence-electron chi connectivity index (χ1n) is 8.39. The monoisotopic (exact) mass is 312 g/mol. The third-order valence-corrected chi connectivity index (χ3v) is 4.98. The molecule has 1 fully saturated rings. The number of amides is 2. The van der Waals surface area contributed by atoms with Crippen LogP contribution in [-0.2, 0) is 0 Å². The van der Waals surface area contributed by atoms with Crippen molar-refractivity contribution in [2.45, 2.75) is 44.6 Å². The normalized spacial score (nSPS) is 19.5. The van der Waals surface area contributed by atoms with Crippen LogP contribution in [0.15, 0.2) is 24.3 Å². The summed E-state index contributed by atoms with van der Waals surface area (Å²) in [4.78, 5) is 27.6. The van der Waals surface area contributed by atoms with Gasteiger partial charge in [-0.3, -0.25) is 9.59 Å². The highest BCUT2D eigenvalue weighted by atomic mass is 16.2. The SMILES string of the molecule is N#CCC[NH+](CN1C(=O)c2ccccc2C1=O)C1CCCCC1. The maximum Gasteiger partial charge on any atom is 0.265 e.